The van der Waals surface area contributed by atoms with E-state index in [4.69, 9.17) is 5.11 Å². The van der Waals surface area contributed by atoms with E-state index >= 15 is 0 Å². The number of hydrogen-bond donors (Lipinski definition) is 2. The van der Waals surface area contributed by atoms with Crippen LogP contribution in [0.25, 0.3) is 0 Å². The van der Waals surface area contributed by atoms with Crippen molar-refractivity contribution in [3.05, 3.63) is 20.5 Å². The molecule has 0 fully saturated rings. The van der Waals surface area contributed by atoms with Crippen LogP contribution in [0.1, 0.15) is 10.4 Å². The quantitative estimate of drug-likeness (QED) is 0.709. The maximum absolute atomic E-state index is 10.8. The fraction of sp³-hybridized carbons (Fsp3) is 0.200. The lowest BCUT2D eigenvalue weighted by Gasteiger charge is -1.90. The number of nitrogens with zero attached hydrogens (tertiary/aromatic N) is 1. The van der Waals surface area contributed by atoms with Crippen LogP contribution in [0.5, 0.6) is 0 Å². The summed E-state index contributed by atoms with van der Waals surface area (Å²) < 4.78 is 1.54. The second-order valence-corrected chi connectivity index (χ2v) is 2.72. The summed E-state index contributed by atoms with van der Waals surface area (Å²) in [7, 11) is 1.54. The molecule has 60 valence electrons. The molecule has 0 unspecified atom stereocenters. The first-order valence-corrected chi connectivity index (χ1v) is 3.51. The van der Waals surface area contributed by atoms with Gasteiger partial charge < -0.3 is 5.11 Å². The number of carboxylic acid groups (broad SMARTS) is 1. The van der Waals surface area contributed by atoms with Gasteiger partial charge in [0, 0.05) is 7.05 Å². The first-order valence-electron chi connectivity index (χ1n) is 2.72. The van der Waals surface area contributed by atoms with E-state index in [9.17, 15) is 9.59 Å². The molecule has 0 aliphatic rings. The minimum Gasteiger partial charge on any atom is -0.477 e. The normalized spacial score (nSPS) is 10.0. The first-order chi connectivity index (χ1) is 5.04. The third-order valence-electron chi connectivity index (χ3n) is 1.21. The Morgan fingerprint density at radius 2 is 2.27 bits per heavy atom. The molecule has 6 heteroatoms. The Labute approximate surface area is 69.8 Å². The van der Waals surface area contributed by atoms with Crippen LogP contribution in [0.3, 0.4) is 0 Å². The van der Waals surface area contributed by atoms with E-state index in [0.29, 0.717) is 0 Å². The van der Waals surface area contributed by atoms with Crippen LogP contribution >= 0.6 is 15.9 Å². The molecule has 0 atom stereocenters. The first kappa shape index (κ1) is 8.06. The second-order valence-electron chi connectivity index (χ2n) is 1.97. The van der Waals surface area contributed by atoms with Crippen LogP contribution in [0.15, 0.2) is 9.40 Å². The SMILES string of the molecule is Cn1[nH]c(=O)c(C(=O)O)c1Br. The second kappa shape index (κ2) is 2.54. The van der Waals surface area contributed by atoms with Crippen molar-refractivity contribution >= 4 is 21.9 Å². The summed E-state index contributed by atoms with van der Waals surface area (Å²) in [6.45, 7) is 0. The van der Waals surface area contributed by atoms with Gasteiger partial charge in [-0.15, -0.1) is 0 Å². The third-order valence-corrected chi connectivity index (χ3v) is 2.14. The minimum absolute atomic E-state index is 0.245. The molecule has 0 aliphatic carbocycles. The molecule has 0 spiro atoms. The van der Waals surface area contributed by atoms with Gasteiger partial charge in [0.15, 0.2) is 5.56 Å². The number of hydrogen-bond acceptors (Lipinski definition) is 2. The van der Waals surface area contributed by atoms with Crippen LogP contribution in [0.4, 0.5) is 0 Å². The van der Waals surface area contributed by atoms with Crippen molar-refractivity contribution in [3.8, 4) is 0 Å². The molecule has 1 rings (SSSR count). The van der Waals surface area contributed by atoms with Gasteiger partial charge in [0.1, 0.15) is 4.60 Å². The lowest BCUT2D eigenvalue weighted by molar-refractivity contribution is 0.0694. The molecule has 0 radical (unpaired) electrons. The number of aromatic amines is 1. The number of carboxylic acids is 1. The number of aromatic carboxylic acids is 1. The molecule has 1 heterocycles. The molecule has 0 amide bonds. The van der Waals surface area contributed by atoms with Gasteiger partial charge in [0.2, 0.25) is 0 Å². The largest absolute Gasteiger partial charge is 0.477 e. The van der Waals surface area contributed by atoms with Crippen LogP contribution in [0.2, 0.25) is 0 Å². The summed E-state index contributed by atoms with van der Waals surface area (Å²) in [4.78, 5) is 21.2. The number of halogens is 1. The summed E-state index contributed by atoms with van der Waals surface area (Å²) in [5.74, 6) is -1.24. The smallest absolute Gasteiger partial charge is 0.344 e. The van der Waals surface area contributed by atoms with Crippen molar-refractivity contribution < 1.29 is 9.90 Å². The molecule has 1 aromatic rings. The number of carbonyl (C=O) groups is 1. The lowest BCUT2D eigenvalue weighted by Crippen LogP contribution is -2.11. The van der Waals surface area contributed by atoms with Gasteiger partial charge in [-0.3, -0.25) is 14.6 Å². The highest BCUT2D eigenvalue weighted by Crippen LogP contribution is 2.10. The van der Waals surface area contributed by atoms with Gasteiger partial charge in [0.25, 0.3) is 5.56 Å². The van der Waals surface area contributed by atoms with Crippen LogP contribution in [-0.2, 0) is 7.05 Å². The summed E-state index contributed by atoms with van der Waals surface area (Å²) in [5.41, 5.74) is -0.876. The Morgan fingerprint density at radius 3 is 2.45 bits per heavy atom. The molecule has 2 N–H and O–H groups in total. The van der Waals surface area contributed by atoms with Gasteiger partial charge in [-0.05, 0) is 15.9 Å². The molecule has 0 saturated carbocycles. The van der Waals surface area contributed by atoms with Crippen molar-refractivity contribution in [2.24, 2.45) is 7.05 Å². The Bertz CT molecular complexity index is 351. The zero-order valence-corrected chi connectivity index (χ0v) is 7.17. The highest BCUT2D eigenvalue weighted by molar-refractivity contribution is 9.10. The van der Waals surface area contributed by atoms with Gasteiger partial charge in [-0.1, -0.05) is 0 Å². The molecule has 0 aliphatic heterocycles. The molecule has 5 nitrogen and oxygen atoms in total. The van der Waals surface area contributed by atoms with Crippen molar-refractivity contribution in [2.75, 3.05) is 0 Å². The van der Waals surface area contributed by atoms with Crippen molar-refractivity contribution in [1.29, 1.82) is 0 Å². The maximum atomic E-state index is 10.8. The highest BCUT2D eigenvalue weighted by atomic mass is 79.9. The number of H-pyrrole nitrogens is 1. The topological polar surface area (TPSA) is 75.1 Å². The van der Waals surface area contributed by atoms with E-state index in [0.717, 1.165) is 0 Å². The highest BCUT2D eigenvalue weighted by Gasteiger charge is 2.16. The van der Waals surface area contributed by atoms with Gasteiger partial charge >= 0.3 is 5.97 Å². The van der Waals surface area contributed by atoms with E-state index in [-0.39, 0.29) is 10.2 Å². The molecule has 0 aromatic carbocycles. The summed E-state index contributed by atoms with van der Waals surface area (Å²) >= 11 is 2.95. The van der Waals surface area contributed by atoms with Crippen LogP contribution in [-0.4, -0.2) is 20.9 Å². The Morgan fingerprint density at radius 1 is 1.73 bits per heavy atom. The van der Waals surface area contributed by atoms with E-state index in [1.54, 1.807) is 0 Å². The number of aryl methyl sites for hydroxylation is 1. The van der Waals surface area contributed by atoms with E-state index in [1.807, 2.05) is 0 Å². The molecular formula is C5H5BrN2O3. The Balaban J connectivity index is 3.46. The third kappa shape index (κ3) is 1.21. The summed E-state index contributed by atoms with van der Waals surface area (Å²) in [6.07, 6.45) is 0. The molecule has 1 aromatic heterocycles. The predicted octanol–water partition coefficient (Wildman–Crippen LogP) is 0.174. The van der Waals surface area contributed by atoms with Crippen molar-refractivity contribution in [3.63, 3.8) is 0 Å². The fourth-order valence-electron chi connectivity index (χ4n) is 0.704. The number of rotatable bonds is 1. The van der Waals surface area contributed by atoms with Crippen LogP contribution in [0, 0.1) is 0 Å². The Kier molecular flexibility index (Phi) is 1.86. The van der Waals surface area contributed by atoms with Crippen LogP contribution < -0.4 is 5.56 Å². The van der Waals surface area contributed by atoms with Crippen molar-refractivity contribution in [1.82, 2.24) is 9.78 Å². The summed E-state index contributed by atoms with van der Waals surface area (Å²) in [5, 5.41) is 10.8. The standard InChI is InChI=1S/C5H5BrN2O3/c1-8-3(6)2(5(10)11)4(9)7-8/h1H3,(H,7,9)(H,10,11). The molecule has 11 heavy (non-hydrogen) atoms. The van der Waals surface area contributed by atoms with Gasteiger partial charge in [0.05, 0.1) is 0 Å². The van der Waals surface area contributed by atoms with Gasteiger partial charge in [-0.2, -0.15) is 0 Å². The predicted molar refractivity (Wildman–Crippen MR) is 40.7 cm³/mol. The van der Waals surface area contributed by atoms with Crippen molar-refractivity contribution in [2.45, 2.75) is 0 Å². The molecular weight excluding hydrogens is 216 g/mol. The number of aromatic nitrogens is 2. The fourth-order valence-corrected chi connectivity index (χ4v) is 1.14. The lowest BCUT2D eigenvalue weighted by atomic mass is 10.4. The zero-order valence-electron chi connectivity index (χ0n) is 5.59. The average Bonchev–Trinajstić information content (AvgIpc) is 2.07. The monoisotopic (exact) mass is 220 g/mol. The maximum Gasteiger partial charge on any atom is 0.344 e. The van der Waals surface area contributed by atoms with Gasteiger partial charge in [-0.25, -0.2) is 4.79 Å². The number of nitrogens with one attached hydrogen (secondary N) is 1. The molecule has 0 bridgehead atoms. The average molecular weight is 221 g/mol. The Hall–Kier alpha value is -1.04. The molecule has 0 saturated heterocycles. The van der Waals surface area contributed by atoms with E-state index < -0.39 is 11.5 Å². The van der Waals surface area contributed by atoms with E-state index in [2.05, 4.69) is 21.0 Å². The summed E-state index contributed by atoms with van der Waals surface area (Å²) in [6, 6.07) is 0. The van der Waals surface area contributed by atoms with E-state index in [1.165, 1.54) is 11.7 Å². The minimum atomic E-state index is -1.24. The zero-order chi connectivity index (χ0) is 8.59.